The van der Waals surface area contributed by atoms with Crippen LogP contribution in [0.15, 0.2) is 6.33 Å². The van der Waals surface area contributed by atoms with Gasteiger partial charge >= 0.3 is 5.95 Å². The molecule has 1 heterocycles. The van der Waals surface area contributed by atoms with Crippen molar-refractivity contribution < 1.29 is 4.92 Å². The first-order valence-corrected chi connectivity index (χ1v) is 5.26. The predicted octanol–water partition coefficient (Wildman–Crippen LogP) is 1.84. The lowest BCUT2D eigenvalue weighted by Gasteiger charge is -2.06. The average molecular weight is 233 g/mol. The van der Waals surface area contributed by atoms with Crippen LogP contribution in [0.2, 0.25) is 0 Å². The van der Waals surface area contributed by atoms with Crippen molar-refractivity contribution in [3.63, 3.8) is 0 Å². The zero-order valence-corrected chi connectivity index (χ0v) is 9.22. The van der Waals surface area contributed by atoms with Gasteiger partial charge in [-0.15, -0.1) is 11.6 Å². The third-order valence-corrected chi connectivity index (χ3v) is 2.36. The van der Waals surface area contributed by atoms with Crippen molar-refractivity contribution in [1.29, 1.82) is 0 Å². The molecule has 6 nitrogen and oxygen atoms in total. The van der Waals surface area contributed by atoms with Crippen LogP contribution in [0.3, 0.4) is 0 Å². The van der Waals surface area contributed by atoms with E-state index in [1.165, 1.54) is 11.0 Å². The Balaban J connectivity index is 2.40. The fourth-order valence-electron chi connectivity index (χ4n) is 1.16. The van der Waals surface area contributed by atoms with Gasteiger partial charge in [-0.25, -0.2) is 0 Å². The highest BCUT2D eigenvalue weighted by atomic mass is 35.5. The second-order valence-corrected chi connectivity index (χ2v) is 3.81. The van der Waals surface area contributed by atoms with Crippen molar-refractivity contribution in [3.8, 4) is 0 Å². The number of halogens is 1. The minimum Gasteiger partial charge on any atom is -0.390 e. The van der Waals surface area contributed by atoms with E-state index in [1.54, 1.807) is 0 Å². The maximum atomic E-state index is 10.3. The van der Waals surface area contributed by atoms with Gasteiger partial charge < -0.3 is 10.1 Å². The molecule has 1 aromatic heterocycles. The van der Waals surface area contributed by atoms with Gasteiger partial charge in [-0.05, 0) is 23.7 Å². The Hall–Kier alpha value is -1.17. The summed E-state index contributed by atoms with van der Waals surface area (Å²) in [6, 6.07) is 0. The molecular formula is C8H13ClN4O2. The van der Waals surface area contributed by atoms with Gasteiger partial charge in [0, 0.05) is 11.0 Å². The number of hydrogen-bond donors (Lipinski definition) is 0. The van der Waals surface area contributed by atoms with Crippen LogP contribution in [0, 0.1) is 16.0 Å². The number of aryl methyl sites for hydroxylation is 1. The standard InChI is InChI=1S/C8H13ClN4O2/c1-7(2-4-9)3-5-12-6-10-8(11-12)13(14)15/h6-7H,2-5H2,1H3. The van der Waals surface area contributed by atoms with E-state index < -0.39 is 4.92 Å². The van der Waals surface area contributed by atoms with E-state index in [1.807, 2.05) is 0 Å². The fourth-order valence-corrected chi connectivity index (χ4v) is 1.53. The van der Waals surface area contributed by atoms with E-state index in [0.717, 1.165) is 12.8 Å². The summed E-state index contributed by atoms with van der Waals surface area (Å²) in [7, 11) is 0. The first-order chi connectivity index (χ1) is 7.13. The van der Waals surface area contributed by atoms with Crippen LogP contribution in [-0.2, 0) is 6.54 Å². The van der Waals surface area contributed by atoms with Gasteiger partial charge in [0.15, 0.2) is 0 Å². The monoisotopic (exact) mass is 232 g/mol. The summed E-state index contributed by atoms with van der Waals surface area (Å²) in [5.74, 6) is 0.782. The maximum absolute atomic E-state index is 10.3. The van der Waals surface area contributed by atoms with Crippen molar-refractivity contribution in [2.75, 3.05) is 5.88 Å². The Kier molecular flexibility index (Phi) is 4.48. The molecule has 84 valence electrons. The number of nitro groups is 1. The summed E-state index contributed by atoms with van der Waals surface area (Å²) in [6.07, 6.45) is 3.22. The molecular weight excluding hydrogens is 220 g/mol. The molecule has 0 saturated heterocycles. The summed E-state index contributed by atoms with van der Waals surface area (Å²) < 4.78 is 1.49. The molecule has 0 spiro atoms. The predicted molar refractivity (Wildman–Crippen MR) is 55.8 cm³/mol. The Bertz CT molecular complexity index is 328. The van der Waals surface area contributed by atoms with Crippen LogP contribution in [0.5, 0.6) is 0 Å². The average Bonchev–Trinajstić information content (AvgIpc) is 2.63. The van der Waals surface area contributed by atoms with Gasteiger partial charge in [0.1, 0.15) is 0 Å². The van der Waals surface area contributed by atoms with Crippen molar-refractivity contribution >= 4 is 17.5 Å². The highest BCUT2D eigenvalue weighted by Crippen LogP contribution is 2.10. The lowest BCUT2D eigenvalue weighted by Crippen LogP contribution is -2.05. The van der Waals surface area contributed by atoms with Crippen molar-refractivity contribution in [1.82, 2.24) is 14.8 Å². The van der Waals surface area contributed by atoms with Crippen LogP contribution in [0.4, 0.5) is 5.95 Å². The SMILES string of the molecule is CC(CCCl)CCn1cnc([N+](=O)[O-])n1. The van der Waals surface area contributed by atoms with E-state index in [4.69, 9.17) is 11.6 Å². The van der Waals surface area contributed by atoms with Crippen molar-refractivity contribution in [3.05, 3.63) is 16.4 Å². The Labute approximate surface area is 92.4 Å². The van der Waals surface area contributed by atoms with Gasteiger partial charge in [0.05, 0.1) is 6.54 Å². The molecule has 0 saturated carbocycles. The molecule has 0 aliphatic rings. The Morgan fingerprint density at radius 2 is 2.40 bits per heavy atom. The Morgan fingerprint density at radius 1 is 1.67 bits per heavy atom. The zero-order chi connectivity index (χ0) is 11.3. The van der Waals surface area contributed by atoms with E-state index >= 15 is 0 Å². The molecule has 1 rings (SSSR count). The molecule has 0 aliphatic carbocycles. The molecule has 1 aromatic rings. The molecule has 0 N–H and O–H groups in total. The van der Waals surface area contributed by atoms with Gasteiger partial charge in [0.25, 0.3) is 0 Å². The van der Waals surface area contributed by atoms with Crippen LogP contribution in [-0.4, -0.2) is 25.6 Å². The van der Waals surface area contributed by atoms with Gasteiger partial charge in [-0.1, -0.05) is 11.9 Å². The summed E-state index contributed by atoms with van der Waals surface area (Å²) in [5, 5.41) is 14.0. The molecule has 0 bridgehead atoms. The minimum absolute atomic E-state index is 0.347. The van der Waals surface area contributed by atoms with E-state index in [9.17, 15) is 10.1 Å². The third kappa shape index (κ3) is 3.83. The maximum Gasteiger partial charge on any atom is 0.490 e. The smallest absolute Gasteiger partial charge is 0.390 e. The van der Waals surface area contributed by atoms with Crippen LogP contribution < -0.4 is 0 Å². The zero-order valence-electron chi connectivity index (χ0n) is 8.47. The van der Waals surface area contributed by atoms with Crippen LogP contribution >= 0.6 is 11.6 Å². The number of aromatic nitrogens is 3. The molecule has 0 amide bonds. The van der Waals surface area contributed by atoms with Gasteiger partial charge in [-0.2, -0.15) is 4.68 Å². The normalized spacial score (nSPS) is 12.7. The van der Waals surface area contributed by atoms with E-state index in [0.29, 0.717) is 18.3 Å². The highest BCUT2D eigenvalue weighted by Gasteiger charge is 2.13. The van der Waals surface area contributed by atoms with E-state index in [2.05, 4.69) is 17.0 Å². The van der Waals surface area contributed by atoms with Crippen molar-refractivity contribution in [2.45, 2.75) is 26.3 Å². The quantitative estimate of drug-likeness (QED) is 0.426. The molecule has 7 heteroatoms. The molecule has 1 unspecified atom stereocenters. The summed E-state index contributed by atoms with van der Waals surface area (Å²) >= 11 is 5.60. The lowest BCUT2D eigenvalue weighted by molar-refractivity contribution is -0.394. The number of hydrogen-bond acceptors (Lipinski definition) is 4. The molecule has 0 fully saturated rings. The minimum atomic E-state index is -0.599. The molecule has 0 radical (unpaired) electrons. The lowest BCUT2D eigenvalue weighted by atomic mass is 10.1. The third-order valence-electron chi connectivity index (χ3n) is 2.14. The fraction of sp³-hybridized carbons (Fsp3) is 0.750. The number of nitrogens with zero attached hydrogens (tertiary/aromatic N) is 4. The molecule has 0 aromatic carbocycles. The molecule has 0 aliphatic heterocycles. The summed E-state index contributed by atoms with van der Waals surface area (Å²) in [5.41, 5.74) is 0. The van der Waals surface area contributed by atoms with Crippen LogP contribution in [0.1, 0.15) is 19.8 Å². The van der Waals surface area contributed by atoms with Crippen molar-refractivity contribution in [2.24, 2.45) is 5.92 Å². The summed E-state index contributed by atoms with van der Waals surface area (Å²) in [4.78, 5) is 13.3. The van der Waals surface area contributed by atoms with E-state index in [-0.39, 0.29) is 5.95 Å². The van der Waals surface area contributed by atoms with Gasteiger partial charge in [-0.3, -0.25) is 0 Å². The highest BCUT2D eigenvalue weighted by molar-refractivity contribution is 6.17. The topological polar surface area (TPSA) is 73.8 Å². The number of alkyl halides is 1. The molecule has 15 heavy (non-hydrogen) atoms. The second kappa shape index (κ2) is 5.65. The first-order valence-electron chi connectivity index (χ1n) is 4.73. The van der Waals surface area contributed by atoms with Crippen LogP contribution in [0.25, 0.3) is 0 Å². The summed E-state index contributed by atoms with van der Waals surface area (Å²) in [6.45, 7) is 2.73. The second-order valence-electron chi connectivity index (χ2n) is 3.44. The van der Waals surface area contributed by atoms with Gasteiger partial charge in [0.2, 0.25) is 6.33 Å². The number of rotatable bonds is 6. The Morgan fingerprint density at radius 3 is 2.93 bits per heavy atom. The molecule has 1 atom stereocenters. The largest absolute Gasteiger partial charge is 0.490 e. The first kappa shape index (κ1) is 11.9.